The summed E-state index contributed by atoms with van der Waals surface area (Å²) in [6, 6.07) is 5.38. The van der Waals surface area contributed by atoms with Crippen LogP contribution in [0.5, 0.6) is 0 Å². The molecule has 2 N–H and O–H groups in total. The molecule has 0 amide bonds. The first-order valence-electron chi connectivity index (χ1n) is 5.12. The van der Waals surface area contributed by atoms with E-state index >= 15 is 0 Å². The molecular weight excluding hydrogens is 321 g/mol. The van der Waals surface area contributed by atoms with Gasteiger partial charge in [0, 0.05) is 5.02 Å². The van der Waals surface area contributed by atoms with E-state index in [0.717, 1.165) is 11.0 Å². The summed E-state index contributed by atoms with van der Waals surface area (Å²) in [5.41, 5.74) is 2.21. The van der Waals surface area contributed by atoms with E-state index in [4.69, 9.17) is 16.7 Å². The molecule has 5 nitrogen and oxygen atoms in total. The molecule has 7 heteroatoms. The van der Waals surface area contributed by atoms with Crippen molar-refractivity contribution in [2.45, 2.75) is 6.42 Å². The van der Waals surface area contributed by atoms with E-state index in [1.165, 1.54) is 0 Å². The van der Waals surface area contributed by atoms with Crippen molar-refractivity contribution in [1.82, 2.24) is 14.4 Å². The number of nitrogens with zero attached hydrogens (tertiary/aromatic N) is 2. The van der Waals surface area contributed by atoms with Gasteiger partial charge < -0.3 is 10.1 Å². The van der Waals surface area contributed by atoms with Gasteiger partial charge in [0.1, 0.15) is 4.60 Å². The Bertz CT molecular complexity index is 777. The second-order valence-corrected chi connectivity index (χ2v) is 5.06. The number of carboxylic acid groups (broad SMARTS) is 1. The number of rotatable bonds is 2. The van der Waals surface area contributed by atoms with E-state index < -0.39 is 5.97 Å². The lowest BCUT2D eigenvalue weighted by Crippen LogP contribution is -2.01. The summed E-state index contributed by atoms with van der Waals surface area (Å²) in [5, 5.41) is 9.43. The lowest BCUT2D eigenvalue weighted by Gasteiger charge is -1.96. The zero-order valence-electron chi connectivity index (χ0n) is 8.94. The van der Waals surface area contributed by atoms with Crippen molar-refractivity contribution >= 4 is 50.3 Å². The van der Waals surface area contributed by atoms with Crippen LogP contribution in [0.3, 0.4) is 0 Å². The number of benzene rings is 1. The Labute approximate surface area is 115 Å². The number of H-pyrrole nitrogens is 1. The third-order valence-corrected chi connectivity index (χ3v) is 3.72. The number of fused-ring (bicyclic) bond motifs is 3. The normalized spacial score (nSPS) is 11.4. The molecule has 0 spiro atoms. The van der Waals surface area contributed by atoms with Crippen LogP contribution in [0.4, 0.5) is 0 Å². The minimum Gasteiger partial charge on any atom is -0.481 e. The molecule has 0 fully saturated rings. The highest BCUT2D eigenvalue weighted by molar-refractivity contribution is 9.10. The van der Waals surface area contributed by atoms with Gasteiger partial charge in [-0.2, -0.15) is 0 Å². The van der Waals surface area contributed by atoms with Crippen LogP contribution >= 0.6 is 27.5 Å². The summed E-state index contributed by atoms with van der Waals surface area (Å²) in [6.45, 7) is 0. The van der Waals surface area contributed by atoms with Gasteiger partial charge in [0.05, 0.1) is 23.1 Å². The van der Waals surface area contributed by atoms with Gasteiger partial charge in [0.25, 0.3) is 0 Å². The van der Waals surface area contributed by atoms with Crippen molar-refractivity contribution in [1.29, 1.82) is 0 Å². The molecule has 2 aromatic heterocycles. The molecule has 18 heavy (non-hydrogen) atoms. The van der Waals surface area contributed by atoms with E-state index in [-0.39, 0.29) is 6.42 Å². The third kappa shape index (κ3) is 1.69. The fraction of sp³-hybridized carbons (Fsp3) is 0.0909. The fourth-order valence-electron chi connectivity index (χ4n) is 1.92. The van der Waals surface area contributed by atoms with E-state index in [9.17, 15) is 4.79 Å². The Balaban J connectivity index is 2.32. The van der Waals surface area contributed by atoms with E-state index in [1.807, 2.05) is 6.07 Å². The van der Waals surface area contributed by atoms with Crippen molar-refractivity contribution in [3.8, 4) is 0 Å². The molecule has 3 rings (SSSR count). The van der Waals surface area contributed by atoms with Crippen LogP contribution in [0.25, 0.3) is 16.8 Å². The summed E-state index contributed by atoms with van der Waals surface area (Å²) < 4.78 is 2.46. The summed E-state index contributed by atoms with van der Waals surface area (Å²) in [7, 11) is 0. The highest BCUT2D eigenvalue weighted by atomic mass is 79.9. The van der Waals surface area contributed by atoms with Crippen LogP contribution in [0.2, 0.25) is 5.02 Å². The lowest BCUT2D eigenvalue weighted by atomic mass is 10.3. The standard InChI is InChI=1S/C11H7BrClN3O2/c12-10-7(4-9(17)18)15-11-14-6-2-1-5(13)3-8(6)16(10)11/h1-3H,4H2,(H,14,15)(H,17,18). The smallest absolute Gasteiger partial charge is 0.309 e. The van der Waals surface area contributed by atoms with E-state index in [0.29, 0.717) is 21.1 Å². The van der Waals surface area contributed by atoms with Gasteiger partial charge in [-0.25, -0.2) is 4.98 Å². The number of aromatic nitrogens is 3. The maximum absolute atomic E-state index is 10.7. The zero-order chi connectivity index (χ0) is 12.9. The van der Waals surface area contributed by atoms with Crippen molar-refractivity contribution in [3.05, 3.63) is 33.5 Å². The number of hydrogen-bond acceptors (Lipinski definition) is 2. The van der Waals surface area contributed by atoms with Gasteiger partial charge in [-0.05, 0) is 34.1 Å². The number of aliphatic carboxylic acids is 1. The van der Waals surface area contributed by atoms with Crippen molar-refractivity contribution < 1.29 is 9.90 Å². The van der Waals surface area contributed by atoms with Gasteiger partial charge in [-0.1, -0.05) is 11.6 Å². The SMILES string of the molecule is O=C(O)Cc1[nH]c2nc3ccc(Cl)cc3n2c1Br. The topological polar surface area (TPSA) is 70.4 Å². The molecular formula is C11H7BrClN3O2. The van der Waals surface area contributed by atoms with E-state index in [1.54, 1.807) is 16.5 Å². The molecule has 2 heterocycles. The quantitative estimate of drug-likeness (QED) is 0.760. The predicted octanol–water partition coefficient (Wildman–Crippen LogP) is 2.86. The molecule has 0 saturated heterocycles. The maximum atomic E-state index is 10.7. The highest BCUT2D eigenvalue weighted by Gasteiger charge is 2.16. The number of aromatic amines is 1. The second-order valence-electron chi connectivity index (χ2n) is 3.87. The summed E-state index contributed by atoms with van der Waals surface area (Å²) in [5.74, 6) is -0.307. The Morgan fingerprint density at radius 1 is 1.56 bits per heavy atom. The molecule has 92 valence electrons. The molecule has 0 radical (unpaired) electrons. The molecule has 0 aliphatic carbocycles. The third-order valence-electron chi connectivity index (χ3n) is 2.65. The Morgan fingerprint density at radius 2 is 2.33 bits per heavy atom. The number of hydrogen-bond donors (Lipinski definition) is 2. The first kappa shape index (κ1) is 11.6. The summed E-state index contributed by atoms with van der Waals surface area (Å²) >= 11 is 9.35. The van der Waals surface area contributed by atoms with Gasteiger partial charge in [-0.15, -0.1) is 0 Å². The second kappa shape index (κ2) is 4.00. The molecule has 3 aromatic rings. The number of carboxylic acids is 1. The van der Waals surface area contributed by atoms with E-state index in [2.05, 4.69) is 25.9 Å². The minimum atomic E-state index is -0.900. The Hall–Kier alpha value is -1.53. The number of halogens is 2. The fourth-order valence-corrected chi connectivity index (χ4v) is 2.69. The first-order chi connectivity index (χ1) is 8.56. The van der Waals surface area contributed by atoms with Crippen molar-refractivity contribution in [3.63, 3.8) is 0 Å². The van der Waals surface area contributed by atoms with Gasteiger partial charge >= 0.3 is 5.97 Å². The van der Waals surface area contributed by atoms with Crippen LogP contribution in [0.15, 0.2) is 22.8 Å². The average Bonchev–Trinajstić information content (AvgIpc) is 2.77. The Kier molecular flexibility index (Phi) is 2.57. The summed E-state index contributed by atoms with van der Waals surface area (Å²) in [4.78, 5) is 18.1. The molecule has 0 saturated carbocycles. The van der Waals surface area contributed by atoms with Crippen LogP contribution in [0, 0.1) is 0 Å². The van der Waals surface area contributed by atoms with Crippen molar-refractivity contribution in [2.75, 3.05) is 0 Å². The van der Waals surface area contributed by atoms with Crippen molar-refractivity contribution in [2.24, 2.45) is 0 Å². The first-order valence-corrected chi connectivity index (χ1v) is 6.29. The number of imidazole rings is 2. The van der Waals surface area contributed by atoms with Gasteiger partial charge in [0.15, 0.2) is 0 Å². The van der Waals surface area contributed by atoms with Crippen LogP contribution in [-0.2, 0) is 11.2 Å². The molecule has 0 aliphatic rings. The summed E-state index contributed by atoms with van der Waals surface area (Å²) in [6.07, 6.45) is -0.0913. The molecule has 0 unspecified atom stereocenters. The Morgan fingerprint density at radius 3 is 3.06 bits per heavy atom. The molecule has 0 atom stereocenters. The van der Waals surface area contributed by atoms with Gasteiger partial charge in [-0.3, -0.25) is 9.20 Å². The highest BCUT2D eigenvalue weighted by Crippen LogP contribution is 2.26. The predicted molar refractivity (Wildman–Crippen MR) is 71.1 cm³/mol. The van der Waals surface area contributed by atoms with Crippen LogP contribution < -0.4 is 0 Å². The minimum absolute atomic E-state index is 0.0913. The zero-order valence-corrected chi connectivity index (χ0v) is 11.3. The lowest BCUT2D eigenvalue weighted by molar-refractivity contribution is -0.136. The molecule has 1 aromatic carbocycles. The molecule has 0 aliphatic heterocycles. The maximum Gasteiger partial charge on any atom is 0.309 e. The largest absolute Gasteiger partial charge is 0.481 e. The number of carbonyl (C=O) groups is 1. The number of nitrogens with one attached hydrogen (secondary N) is 1. The van der Waals surface area contributed by atoms with Gasteiger partial charge in [0.2, 0.25) is 5.78 Å². The monoisotopic (exact) mass is 327 g/mol. The average molecular weight is 329 g/mol. The van der Waals surface area contributed by atoms with Crippen LogP contribution in [0.1, 0.15) is 5.69 Å². The molecule has 0 bridgehead atoms. The van der Waals surface area contributed by atoms with Crippen LogP contribution in [-0.4, -0.2) is 25.4 Å².